The minimum absolute atomic E-state index is 0.0317. The first kappa shape index (κ1) is 12.0. The number of unbranched alkanes of at least 4 members (excludes halogenated alkanes) is 1. The molecule has 14 heavy (non-hydrogen) atoms. The minimum atomic E-state index is 0.0317. The van der Waals surface area contributed by atoms with Gasteiger partial charge in [-0.25, -0.2) is 0 Å². The minimum Gasteiger partial charge on any atom is -0.374 e. The molecule has 0 aromatic heterocycles. The van der Waals surface area contributed by atoms with Gasteiger partial charge in [-0.2, -0.15) is 0 Å². The molecule has 1 unspecified atom stereocenters. The standard InChI is InChI=1S/C12H25NO/c1-3-5-8-11(13)12(14-4-2)9-6-7-10-12/h11H,3-10,13H2,1-2H3. The lowest BCUT2D eigenvalue weighted by Gasteiger charge is -2.35. The summed E-state index contributed by atoms with van der Waals surface area (Å²) in [5.74, 6) is 0. The number of hydrogen-bond acceptors (Lipinski definition) is 2. The Bertz CT molecular complexity index is 152. The summed E-state index contributed by atoms with van der Waals surface area (Å²) in [5, 5.41) is 0. The lowest BCUT2D eigenvalue weighted by Crippen LogP contribution is -2.48. The maximum absolute atomic E-state index is 6.26. The molecule has 1 rings (SSSR count). The van der Waals surface area contributed by atoms with Crippen LogP contribution in [0.3, 0.4) is 0 Å². The monoisotopic (exact) mass is 199 g/mol. The van der Waals surface area contributed by atoms with Crippen LogP contribution in [0.25, 0.3) is 0 Å². The Morgan fingerprint density at radius 2 is 1.93 bits per heavy atom. The topological polar surface area (TPSA) is 35.2 Å². The van der Waals surface area contributed by atoms with Gasteiger partial charge in [0.15, 0.2) is 0 Å². The van der Waals surface area contributed by atoms with E-state index in [2.05, 4.69) is 13.8 Å². The van der Waals surface area contributed by atoms with Crippen molar-refractivity contribution in [3.05, 3.63) is 0 Å². The summed E-state index contributed by atoms with van der Waals surface area (Å²) in [4.78, 5) is 0. The van der Waals surface area contributed by atoms with E-state index in [1.54, 1.807) is 0 Å². The Kier molecular flexibility index (Phi) is 4.90. The molecule has 1 fully saturated rings. The zero-order valence-electron chi connectivity index (χ0n) is 9.72. The Morgan fingerprint density at radius 1 is 1.29 bits per heavy atom. The summed E-state index contributed by atoms with van der Waals surface area (Å²) in [5.41, 5.74) is 6.29. The lowest BCUT2D eigenvalue weighted by molar-refractivity contribution is -0.0546. The maximum Gasteiger partial charge on any atom is 0.0832 e. The van der Waals surface area contributed by atoms with Crippen molar-refractivity contribution in [2.24, 2.45) is 5.73 Å². The van der Waals surface area contributed by atoms with E-state index in [4.69, 9.17) is 10.5 Å². The normalized spacial score (nSPS) is 22.5. The van der Waals surface area contributed by atoms with Gasteiger partial charge < -0.3 is 10.5 Å². The Balaban J connectivity index is 2.48. The molecule has 0 aromatic carbocycles. The number of hydrogen-bond donors (Lipinski definition) is 1. The largest absolute Gasteiger partial charge is 0.374 e. The van der Waals surface area contributed by atoms with Gasteiger partial charge in [0, 0.05) is 12.6 Å². The van der Waals surface area contributed by atoms with Crippen molar-refractivity contribution in [1.82, 2.24) is 0 Å². The second-order valence-electron chi connectivity index (χ2n) is 4.45. The van der Waals surface area contributed by atoms with Crippen LogP contribution >= 0.6 is 0 Å². The fourth-order valence-corrected chi connectivity index (χ4v) is 2.57. The molecule has 0 radical (unpaired) electrons. The van der Waals surface area contributed by atoms with E-state index in [1.165, 1.54) is 38.5 Å². The quantitative estimate of drug-likeness (QED) is 0.714. The highest BCUT2D eigenvalue weighted by atomic mass is 16.5. The van der Waals surface area contributed by atoms with Gasteiger partial charge in [-0.15, -0.1) is 0 Å². The van der Waals surface area contributed by atoms with Gasteiger partial charge in [0.1, 0.15) is 0 Å². The molecule has 0 spiro atoms. The van der Waals surface area contributed by atoms with Crippen LogP contribution in [0.2, 0.25) is 0 Å². The third kappa shape index (κ3) is 2.71. The summed E-state index contributed by atoms with van der Waals surface area (Å²) in [6, 6.07) is 0.255. The van der Waals surface area contributed by atoms with Crippen LogP contribution in [0.5, 0.6) is 0 Å². The van der Waals surface area contributed by atoms with Crippen LogP contribution in [0.15, 0.2) is 0 Å². The predicted octanol–water partition coefficient (Wildman–Crippen LogP) is 2.85. The van der Waals surface area contributed by atoms with Gasteiger partial charge in [0.25, 0.3) is 0 Å². The molecule has 0 saturated heterocycles. The summed E-state index contributed by atoms with van der Waals surface area (Å²) >= 11 is 0. The fourth-order valence-electron chi connectivity index (χ4n) is 2.57. The molecule has 2 heteroatoms. The van der Waals surface area contributed by atoms with Gasteiger partial charge in [-0.05, 0) is 26.2 Å². The predicted molar refractivity (Wildman–Crippen MR) is 60.3 cm³/mol. The van der Waals surface area contributed by atoms with Crippen LogP contribution in [-0.4, -0.2) is 18.2 Å². The molecule has 1 aliphatic carbocycles. The average Bonchev–Trinajstić information content (AvgIpc) is 2.64. The van der Waals surface area contributed by atoms with Crippen molar-refractivity contribution in [2.45, 2.75) is 70.4 Å². The molecule has 0 bridgehead atoms. The van der Waals surface area contributed by atoms with Crippen molar-refractivity contribution in [3.8, 4) is 0 Å². The van der Waals surface area contributed by atoms with Crippen molar-refractivity contribution in [1.29, 1.82) is 0 Å². The van der Waals surface area contributed by atoms with Gasteiger partial charge in [-0.3, -0.25) is 0 Å². The lowest BCUT2D eigenvalue weighted by atomic mass is 9.89. The number of ether oxygens (including phenoxy) is 1. The van der Waals surface area contributed by atoms with Crippen LogP contribution in [0, 0.1) is 0 Å². The van der Waals surface area contributed by atoms with Gasteiger partial charge in [-0.1, -0.05) is 32.6 Å². The highest BCUT2D eigenvalue weighted by Gasteiger charge is 2.39. The fraction of sp³-hybridized carbons (Fsp3) is 1.00. The molecule has 0 aromatic rings. The van der Waals surface area contributed by atoms with Gasteiger partial charge in [0.05, 0.1) is 5.60 Å². The zero-order valence-corrected chi connectivity index (χ0v) is 9.72. The smallest absolute Gasteiger partial charge is 0.0832 e. The SMILES string of the molecule is CCCCC(N)C1(OCC)CCCC1. The van der Waals surface area contributed by atoms with Crippen LogP contribution in [0.1, 0.15) is 58.8 Å². The molecule has 0 aliphatic heterocycles. The Morgan fingerprint density at radius 3 is 2.43 bits per heavy atom. The summed E-state index contributed by atoms with van der Waals surface area (Å²) in [6.07, 6.45) is 8.51. The van der Waals surface area contributed by atoms with Crippen LogP contribution in [0.4, 0.5) is 0 Å². The van der Waals surface area contributed by atoms with Crippen molar-refractivity contribution in [3.63, 3.8) is 0 Å². The summed E-state index contributed by atoms with van der Waals surface area (Å²) in [7, 11) is 0. The zero-order chi connectivity index (χ0) is 10.4. The van der Waals surface area contributed by atoms with E-state index in [9.17, 15) is 0 Å². The van der Waals surface area contributed by atoms with E-state index in [0.717, 1.165) is 13.0 Å². The molecule has 1 saturated carbocycles. The molecule has 0 amide bonds. The second kappa shape index (κ2) is 5.72. The molecular weight excluding hydrogens is 174 g/mol. The molecular formula is C12H25NO. The van der Waals surface area contributed by atoms with E-state index in [1.807, 2.05) is 0 Å². The van der Waals surface area contributed by atoms with E-state index < -0.39 is 0 Å². The third-order valence-corrected chi connectivity index (χ3v) is 3.43. The second-order valence-corrected chi connectivity index (χ2v) is 4.45. The van der Waals surface area contributed by atoms with Crippen molar-refractivity contribution >= 4 is 0 Å². The van der Waals surface area contributed by atoms with E-state index in [0.29, 0.717) is 0 Å². The van der Waals surface area contributed by atoms with Crippen molar-refractivity contribution < 1.29 is 4.74 Å². The first-order valence-electron chi connectivity index (χ1n) is 6.14. The maximum atomic E-state index is 6.26. The molecule has 1 aliphatic rings. The molecule has 84 valence electrons. The molecule has 2 N–H and O–H groups in total. The molecule has 1 atom stereocenters. The molecule has 0 heterocycles. The number of nitrogens with two attached hydrogens (primary N) is 1. The van der Waals surface area contributed by atoms with Crippen molar-refractivity contribution in [2.75, 3.05) is 6.61 Å². The van der Waals surface area contributed by atoms with Crippen LogP contribution in [-0.2, 0) is 4.74 Å². The highest BCUT2D eigenvalue weighted by Crippen LogP contribution is 2.36. The van der Waals surface area contributed by atoms with Crippen LogP contribution < -0.4 is 5.73 Å². The first-order chi connectivity index (χ1) is 6.75. The Labute approximate surface area is 88.2 Å². The molecule has 2 nitrogen and oxygen atoms in total. The first-order valence-corrected chi connectivity index (χ1v) is 6.14. The Hall–Kier alpha value is -0.0800. The third-order valence-electron chi connectivity index (χ3n) is 3.43. The summed E-state index contributed by atoms with van der Waals surface area (Å²) in [6.45, 7) is 5.10. The summed E-state index contributed by atoms with van der Waals surface area (Å²) < 4.78 is 5.92. The van der Waals surface area contributed by atoms with Gasteiger partial charge in [0.2, 0.25) is 0 Å². The van der Waals surface area contributed by atoms with E-state index in [-0.39, 0.29) is 11.6 Å². The van der Waals surface area contributed by atoms with E-state index >= 15 is 0 Å². The average molecular weight is 199 g/mol. The highest BCUT2D eigenvalue weighted by molar-refractivity contribution is 4.95. The number of rotatable bonds is 6. The van der Waals surface area contributed by atoms with Gasteiger partial charge >= 0.3 is 0 Å².